The van der Waals surface area contributed by atoms with E-state index >= 15 is 0 Å². The molecule has 1 aromatic carbocycles. The number of halogens is 1. The lowest BCUT2D eigenvalue weighted by Crippen LogP contribution is -2.12. The normalized spacial score (nSPS) is 13.4. The van der Waals surface area contributed by atoms with E-state index in [4.69, 9.17) is 11.6 Å². The zero-order valence-corrected chi connectivity index (χ0v) is 17.0. The summed E-state index contributed by atoms with van der Waals surface area (Å²) >= 11 is 7.69. The lowest BCUT2D eigenvalue weighted by molar-refractivity contribution is -0.117. The molecule has 0 saturated heterocycles. The van der Waals surface area contributed by atoms with E-state index in [0.29, 0.717) is 21.9 Å². The van der Waals surface area contributed by atoms with Gasteiger partial charge in [0.2, 0.25) is 5.91 Å². The number of carbonyl (C=O) groups is 1. The third-order valence-corrected chi connectivity index (χ3v) is 5.54. The van der Waals surface area contributed by atoms with Gasteiger partial charge in [-0.1, -0.05) is 11.6 Å². The Balaban J connectivity index is 1.48. The van der Waals surface area contributed by atoms with Crippen molar-refractivity contribution < 1.29 is 4.79 Å². The van der Waals surface area contributed by atoms with Gasteiger partial charge in [-0.15, -0.1) is 0 Å². The number of hydrogen-bond donors (Lipinski definition) is 3. The minimum Gasteiger partial charge on any atom is -0.326 e. The molecule has 9 heteroatoms. The molecule has 0 bridgehead atoms. The Bertz CT molecular complexity index is 1020. The number of anilines is 3. The van der Waals surface area contributed by atoms with Crippen LogP contribution in [0.5, 0.6) is 0 Å². The number of rotatable bonds is 6. The van der Waals surface area contributed by atoms with Crippen LogP contribution in [-0.4, -0.2) is 26.1 Å². The van der Waals surface area contributed by atoms with E-state index in [1.165, 1.54) is 11.8 Å². The van der Waals surface area contributed by atoms with Gasteiger partial charge < -0.3 is 10.6 Å². The number of aromatic amines is 1. The van der Waals surface area contributed by atoms with Gasteiger partial charge in [-0.2, -0.15) is 5.10 Å². The molecule has 28 heavy (non-hydrogen) atoms. The van der Waals surface area contributed by atoms with Crippen molar-refractivity contribution in [1.82, 2.24) is 20.2 Å². The number of amides is 1. The van der Waals surface area contributed by atoms with Crippen LogP contribution in [0.2, 0.25) is 5.15 Å². The lowest BCUT2D eigenvalue weighted by Gasteiger charge is -2.10. The number of carbonyl (C=O) groups excluding carboxylic acids is 1. The van der Waals surface area contributed by atoms with Crippen LogP contribution in [0.3, 0.4) is 0 Å². The zero-order valence-electron chi connectivity index (χ0n) is 15.4. The Hall–Kier alpha value is -2.58. The van der Waals surface area contributed by atoms with Crippen molar-refractivity contribution in [2.45, 2.75) is 36.7 Å². The second-order valence-electron chi connectivity index (χ2n) is 6.72. The smallest absolute Gasteiger partial charge is 0.227 e. The summed E-state index contributed by atoms with van der Waals surface area (Å²) in [6.07, 6.45) is 1.97. The lowest BCUT2D eigenvalue weighted by atomic mass is 10.3. The Morgan fingerprint density at radius 2 is 1.96 bits per heavy atom. The van der Waals surface area contributed by atoms with Crippen LogP contribution in [0.4, 0.5) is 17.3 Å². The average Bonchev–Trinajstić information content (AvgIpc) is 3.44. The van der Waals surface area contributed by atoms with Gasteiger partial charge in [-0.3, -0.25) is 9.89 Å². The number of nitrogens with one attached hydrogen (secondary N) is 3. The highest BCUT2D eigenvalue weighted by Crippen LogP contribution is 2.32. The largest absolute Gasteiger partial charge is 0.326 e. The summed E-state index contributed by atoms with van der Waals surface area (Å²) in [5, 5.41) is 14.1. The fourth-order valence-electron chi connectivity index (χ4n) is 2.54. The van der Waals surface area contributed by atoms with Crippen LogP contribution >= 0.6 is 23.4 Å². The highest BCUT2D eigenvalue weighted by Gasteiger charge is 2.29. The molecule has 144 valence electrons. The second kappa shape index (κ2) is 7.81. The first-order chi connectivity index (χ1) is 13.5. The van der Waals surface area contributed by atoms with Gasteiger partial charge in [0.1, 0.15) is 11.0 Å². The van der Waals surface area contributed by atoms with Crippen LogP contribution in [-0.2, 0) is 4.79 Å². The number of nitrogens with zero attached hydrogens (tertiary/aromatic N) is 3. The molecule has 0 aliphatic heterocycles. The van der Waals surface area contributed by atoms with E-state index in [1.54, 1.807) is 0 Å². The molecule has 1 aliphatic rings. The molecule has 4 rings (SSSR count). The van der Waals surface area contributed by atoms with Gasteiger partial charge in [0.05, 0.1) is 0 Å². The van der Waals surface area contributed by atoms with Crippen molar-refractivity contribution >= 4 is 46.6 Å². The minimum atomic E-state index is 0.0957. The van der Waals surface area contributed by atoms with E-state index in [0.717, 1.165) is 34.7 Å². The summed E-state index contributed by atoms with van der Waals surface area (Å²) in [7, 11) is 0. The summed E-state index contributed by atoms with van der Waals surface area (Å²) in [6.45, 7) is 3.78. The fourth-order valence-corrected chi connectivity index (χ4v) is 3.52. The topological polar surface area (TPSA) is 95.6 Å². The van der Waals surface area contributed by atoms with Gasteiger partial charge in [0, 0.05) is 33.8 Å². The molecule has 3 aromatic rings. The molecule has 2 aromatic heterocycles. The summed E-state index contributed by atoms with van der Waals surface area (Å²) in [5.41, 5.74) is 2.49. The SMILES string of the molecule is Cc1cc(Nc2nc(Sc3ccc(NC(=O)C4CC4)cc3)nc(Cl)c2C)n[nH]1. The van der Waals surface area contributed by atoms with Crippen molar-refractivity contribution in [3.63, 3.8) is 0 Å². The van der Waals surface area contributed by atoms with E-state index in [2.05, 4.69) is 30.8 Å². The molecule has 1 fully saturated rings. The Labute approximate surface area is 171 Å². The summed E-state index contributed by atoms with van der Waals surface area (Å²) < 4.78 is 0. The van der Waals surface area contributed by atoms with Gasteiger partial charge in [-0.05, 0) is 62.7 Å². The van der Waals surface area contributed by atoms with Crippen LogP contribution in [0.15, 0.2) is 40.4 Å². The van der Waals surface area contributed by atoms with E-state index < -0.39 is 0 Å². The third-order valence-electron chi connectivity index (χ3n) is 4.30. The molecular weight excluding hydrogens is 396 g/mol. The number of benzene rings is 1. The predicted octanol–water partition coefficient (Wildman–Crippen LogP) is 4.71. The quantitative estimate of drug-likeness (QED) is 0.399. The Kier molecular flexibility index (Phi) is 5.23. The molecule has 3 N–H and O–H groups in total. The minimum absolute atomic E-state index is 0.0957. The maximum Gasteiger partial charge on any atom is 0.227 e. The summed E-state index contributed by atoms with van der Waals surface area (Å²) in [5.74, 6) is 1.56. The fraction of sp³-hybridized carbons (Fsp3) is 0.263. The number of aryl methyl sites for hydroxylation is 1. The molecule has 0 radical (unpaired) electrons. The predicted molar refractivity (Wildman–Crippen MR) is 110 cm³/mol. The van der Waals surface area contributed by atoms with Gasteiger partial charge >= 0.3 is 0 Å². The van der Waals surface area contributed by atoms with Crippen molar-refractivity contribution in [3.8, 4) is 0 Å². The molecule has 0 atom stereocenters. The molecule has 7 nitrogen and oxygen atoms in total. The molecule has 2 heterocycles. The summed E-state index contributed by atoms with van der Waals surface area (Å²) in [6, 6.07) is 9.49. The van der Waals surface area contributed by atoms with Crippen LogP contribution in [0.1, 0.15) is 24.1 Å². The van der Waals surface area contributed by atoms with Crippen molar-refractivity contribution in [3.05, 3.63) is 46.7 Å². The zero-order chi connectivity index (χ0) is 19.7. The van der Waals surface area contributed by atoms with Crippen molar-refractivity contribution in [2.75, 3.05) is 10.6 Å². The Morgan fingerprint density at radius 3 is 2.61 bits per heavy atom. The molecule has 0 spiro atoms. The standard InChI is InChI=1S/C19H19ClN6OS/c1-10-9-15(26-25-10)22-17-11(2)16(20)23-19(24-17)28-14-7-5-13(6-8-14)21-18(27)12-3-4-12/h5-9,12H,3-4H2,1-2H3,(H,21,27)(H2,22,23,24,25,26). The molecule has 1 amide bonds. The van der Waals surface area contributed by atoms with Gasteiger partial charge in [0.15, 0.2) is 11.0 Å². The van der Waals surface area contributed by atoms with Crippen LogP contribution in [0, 0.1) is 19.8 Å². The third kappa shape index (κ3) is 4.45. The first-order valence-corrected chi connectivity index (χ1v) is 10.1. The maximum atomic E-state index is 11.8. The number of aromatic nitrogens is 4. The van der Waals surface area contributed by atoms with Gasteiger partial charge in [0.25, 0.3) is 0 Å². The summed E-state index contributed by atoms with van der Waals surface area (Å²) in [4.78, 5) is 21.7. The van der Waals surface area contributed by atoms with Crippen molar-refractivity contribution in [1.29, 1.82) is 0 Å². The highest BCUT2D eigenvalue weighted by molar-refractivity contribution is 7.99. The highest BCUT2D eigenvalue weighted by atomic mass is 35.5. The van der Waals surface area contributed by atoms with Crippen LogP contribution < -0.4 is 10.6 Å². The monoisotopic (exact) mass is 414 g/mol. The number of H-pyrrole nitrogens is 1. The van der Waals surface area contributed by atoms with E-state index in [9.17, 15) is 4.79 Å². The second-order valence-corrected chi connectivity index (χ2v) is 8.12. The van der Waals surface area contributed by atoms with E-state index in [1.807, 2.05) is 44.2 Å². The van der Waals surface area contributed by atoms with Crippen LogP contribution in [0.25, 0.3) is 0 Å². The molecule has 0 unspecified atom stereocenters. The van der Waals surface area contributed by atoms with Crippen molar-refractivity contribution in [2.24, 2.45) is 5.92 Å². The first-order valence-electron chi connectivity index (χ1n) is 8.90. The first kappa shape index (κ1) is 18.8. The molecular formula is C19H19ClN6OS. The molecule has 1 aliphatic carbocycles. The molecule has 1 saturated carbocycles. The maximum absolute atomic E-state index is 11.8. The van der Waals surface area contributed by atoms with E-state index in [-0.39, 0.29) is 11.8 Å². The number of hydrogen-bond acceptors (Lipinski definition) is 6. The Morgan fingerprint density at radius 1 is 1.21 bits per heavy atom. The average molecular weight is 415 g/mol. The van der Waals surface area contributed by atoms with Gasteiger partial charge in [-0.25, -0.2) is 9.97 Å².